The van der Waals surface area contributed by atoms with Crippen LogP contribution in [0.1, 0.15) is 21.9 Å². The second kappa shape index (κ2) is 9.54. The third-order valence-corrected chi connectivity index (χ3v) is 5.51. The Balaban J connectivity index is 1.47. The minimum Gasteiger partial charge on any atom is -0.497 e. The van der Waals surface area contributed by atoms with Crippen molar-refractivity contribution >= 4 is 17.5 Å². The second-order valence-corrected chi connectivity index (χ2v) is 7.77. The van der Waals surface area contributed by atoms with E-state index in [0.717, 1.165) is 28.2 Å². The van der Waals surface area contributed by atoms with E-state index in [1.807, 2.05) is 30.3 Å². The average molecular weight is 458 g/mol. The molecule has 1 N–H and O–H groups in total. The zero-order valence-electron chi connectivity index (χ0n) is 18.1. The van der Waals surface area contributed by atoms with Crippen molar-refractivity contribution in [3.05, 3.63) is 64.6 Å². The van der Waals surface area contributed by atoms with Gasteiger partial charge in [-0.3, -0.25) is 4.79 Å². The monoisotopic (exact) mass is 457 g/mol. The number of hydrogen-bond donors (Lipinski definition) is 1. The van der Waals surface area contributed by atoms with Crippen molar-refractivity contribution in [1.82, 2.24) is 5.32 Å². The molecule has 8 heteroatoms. The smallest absolute Gasteiger partial charge is 0.287 e. The highest BCUT2D eigenvalue weighted by Crippen LogP contribution is 2.42. The number of amides is 1. The maximum Gasteiger partial charge on any atom is 0.287 e. The summed E-state index contributed by atoms with van der Waals surface area (Å²) >= 11 is 6.54. The Bertz CT molecular complexity index is 1130. The van der Waals surface area contributed by atoms with E-state index >= 15 is 0 Å². The number of halogens is 1. The number of benzene rings is 2. The van der Waals surface area contributed by atoms with Crippen molar-refractivity contribution in [2.75, 3.05) is 27.9 Å². The summed E-state index contributed by atoms with van der Waals surface area (Å²) < 4.78 is 27.3. The summed E-state index contributed by atoms with van der Waals surface area (Å²) in [5.74, 6) is 2.60. The van der Waals surface area contributed by atoms with Crippen LogP contribution in [0.3, 0.4) is 0 Å². The molecule has 0 fully saturated rings. The Kier molecular flexibility index (Phi) is 6.58. The normalized spacial score (nSPS) is 14.6. The molecule has 0 radical (unpaired) electrons. The van der Waals surface area contributed by atoms with Gasteiger partial charge in [0.25, 0.3) is 5.91 Å². The highest BCUT2D eigenvalue weighted by molar-refractivity contribution is 6.32. The number of rotatable bonds is 8. The van der Waals surface area contributed by atoms with Crippen LogP contribution in [0, 0.1) is 0 Å². The van der Waals surface area contributed by atoms with Gasteiger partial charge >= 0.3 is 0 Å². The third kappa shape index (κ3) is 4.54. The molecule has 0 aliphatic carbocycles. The van der Waals surface area contributed by atoms with Crippen LogP contribution in [0.2, 0.25) is 5.02 Å². The first-order chi connectivity index (χ1) is 15.5. The summed E-state index contributed by atoms with van der Waals surface area (Å²) in [4.78, 5) is 12.4. The summed E-state index contributed by atoms with van der Waals surface area (Å²) in [7, 11) is 4.81. The molecule has 2 aromatic carbocycles. The van der Waals surface area contributed by atoms with Gasteiger partial charge in [-0.2, -0.15) is 0 Å². The molecule has 168 valence electrons. The lowest BCUT2D eigenvalue weighted by molar-refractivity contribution is 0.0897. The van der Waals surface area contributed by atoms with Crippen LogP contribution in [0.4, 0.5) is 0 Å². The van der Waals surface area contributed by atoms with Crippen LogP contribution in [-0.4, -0.2) is 39.9 Å². The van der Waals surface area contributed by atoms with Crippen LogP contribution in [0.25, 0.3) is 11.1 Å². The minimum absolute atomic E-state index is 0.234. The summed E-state index contributed by atoms with van der Waals surface area (Å²) in [5, 5.41) is 3.36. The van der Waals surface area contributed by atoms with Gasteiger partial charge in [0.1, 0.15) is 35.7 Å². The van der Waals surface area contributed by atoms with Gasteiger partial charge in [0.05, 0.1) is 25.8 Å². The first-order valence-corrected chi connectivity index (χ1v) is 10.5. The highest BCUT2D eigenvalue weighted by Gasteiger charge is 2.27. The topological polar surface area (TPSA) is 79.2 Å². The molecule has 7 nitrogen and oxygen atoms in total. The number of ether oxygens (including phenoxy) is 4. The fourth-order valence-electron chi connectivity index (χ4n) is 3.71. The minimum atomic E-state index is -0.306. The Morgan fingerprint density at radius 2 is 1.97 bits per heavy atom. The van der Waals surface area contributed by atoms with Gasteiger partial charge in [-0.15, -0.1) is 0 Å². The quantitative estimate of drug-likeness (QED) is 0.536. The van der Waals surface area contributed by atoms with Crippen molar-refractivity contribution in [3.63, 3.8) is 0 Å². The number of furan rings is 1. The van der Waals surface area contributed by atoms with Crippen molar-refractivity contribution in [1.29, 1.82) is 0 Å². The van der Waals surface area contributed by atoms with Crippen LogP contribution in [0.15, 0.2) is 46.9 Å². The molecule has 1 aromatic heterocycles. The molecule has 1 aliphatic heterocycles. The van der Waals surface area contributed by atoms with Gasteiger partial charge in [-0.1, -0.05) is 11.6 Å². The van der Waals surface area contributed by atoms with Crippen molar-refractivity contribution in [2.45, 2.75) is 19.1 Å². The molecule has 2 heterocycles. The Morgan fingerprint density at radius 1 is 1.12 bits per heavy atom. The zero-order valence-corrected chi connectivity index (χ0v) is 18.8. The van der Waals surface area contributed by atoms with Crippen LogP contribution in [-0.2, 0) is 17.8 Å². The molecule has 1 amide bonds. The van der Waals surface area contributed by atoms with Gasteiger partial charge in [-0.25, -0.2) is 0 Å². The molecule has 4 rings (SSSR count). The summed E-state index contributed by atoms with van der Waals surface area (Å²) in [6, 6.07) is 12.8. The van der Waals surface area contributed by atoms with Crippen molar-refractivity contribution in [2.24, 2.45) is 0 Å². The third-order valence-electron chi connectivity index (χ3n) is 5.23. The van der Waals surface area contributed by atoms with Crippen LogP contribution < -0.4 is 19.5 Å². The largest absolute Gasteiger partial charge is 0.497 e. The first-order valence-electron chi connectivity index (χ1n) is 10.1. The lowest BCUT2D eigenvalue weighted by atomic mass is 9.99. The number of nitrogens with one attached hydrogen (secondary N) is 1. The highest BCUT2D eigenvalue weighted by atomic mass is 35.5. The van der Waals surface area contributed by atoms with E-state index in [1.54, 1.807) is 33.5 Å². The molecule has 0 bridgehead atoms. The first kappa shape index (κ1) is 22.0. The fraction of sp³-hybridized carbons (Fsp3) is 0.292. The Labute approximate surface area is 191 Å². The van der Waals surface area contributed by atoms with Gasteiger partial charge < -0.3 is 28.7 Å². The maximum absolute atomic E-state index is 12.4. The SMILES string of the molecule is COCc1ccc(C(=O)NCC2Cc3cc(-c4cc(OC)ccc4OC)cc(Cl)c3O2)o1. The van der Waals surface area contributed by atoms with E-state index in [1.165, 1.54) is 0 Å². The molecule has 0 saturated carbocycles. The number of fused-ring (bicyclic) bond motifs is 1. The van der Waals surface area contributed by atoms with Gasteiger partial charge in [0, 0.05) is 24.7 Å². The van der Waals surface area contributed by atoms with Gasteiger partial charge in [-0.05, 0) is 48.0 Å². The predicted molar refractivity (Wildman–Crippen MR) is 120 cm³/mol. The lowest BCUT2D eigenvalue weighted by Crippen LogP contribution is -2.34. The van der Waals surface area contributed by atoms with Crippen LogP contribution in [0.5, 0.6) is 17.2 Å². The molecule has 0 spiro atoms. The molecular weight excluding hydrogens is 434 g/mol. The number of hydrogen-bond acceptors (Lipinski definition) is 6. The van der Waals surface area contributed by atoms with E-state index in [2.05, 4.69) is 5.32 Å². The molecule has 1 atom stereocenters. The standard InChI is InChI=1S/C24H24ClNO6/c1-28-13-17-5-7-22(31-17)24(27)26-12-18-9-15-8-14(10-20(25)23(15)32-18)19-11-16(29-2)4-6-21(19)30-3/h4-8,10-11,18H,9,12-13H2,1-3H3,(H,26,27). The number of carbonyl (C=O) groups excluding carboxylic acids is 1. The summed E-state index contributed by atoms with van der Waals surface area (Å²) in [6.45, 7) is 0.634. The van der Waals surface area contributed by atoms with Gasteiger partial charge in [0.15, 0.2) is 5.76 Å². The summed E-state index contributed by atoms with van der Waals surface area (Å²) in [5.41, 5.74) is 2.74. The van der Waals surface area contributed by atoms with Gasteiger partial charge in [0.2, 0.25) is 0 Å². The van der Waals surface area contributed by atoms with E-state index in [-0.39, 0.29) is 17.8 Å². The molecular formula is C24H24ClNO6. The number of methoxy groups -OCH3 is 3. The van der Waals surface area contributed by atoms with Crippen molar-refractivity contribution < 1.29 is 28.2 Å². The van der Waals surface area contributed by atoms with E-state index in [4.69, 9.17) is 35.0 Å². The Hall–Kier alpha value is -3.16. The predicted octanol–water partition coefficient (Wildman–Crippen LogP) is 4.50. The molecule has 1 unspecified atom stereocenters. The second-order valence-electron chi connectivity index (χ2n) is 7.37. The van der Waals surface area contributed by atoms with Crippen LogP contribution >= 0.6 is 11.6 Å². The van der Waals surface area contributed by atoms with E-state index in [9.17, 15) is 4.79 Å². The molecule has 0 saturated heterocycles. The molecule has 32 heavy (non-hydrogen) atoms. The zero-order chi connectivity index (χ0) is 22.7. The fourth-order valence-corrected chi connectivity index (χ4v) is 3.99. The lowest BCUT2D eigenvalue weighted by Gasteiger charge is -2.13. The Morgan fingerprint density at radius 3 is 2.72 bits per heavy atom. The van der Waals surface area contributed by atoms with E-state index < -0.39 is 0 Å². The average Bonchev–Trinajstić information content (AvgIpc) is 3.44. The maximum atomic E-state index is 12.4. The van der Waals surface area contributed by atoms with E-state index in [0.29, 0.717) is 36.1 Å². The molecule has 3 aromatic rings. The molecule has 1 aliphatic rings. The number of carbonyl (C=O) groups is 1. The summed E-state index contributed by atoms with van der Waals surface area (Å²) in [6.07, 6.45) is 0.380. The van der Waals surface area contributed by atoms with Crippen molar-refractivity contribution in [3.8, 4) is 28.4 Å².